The van der Waals surface area contributed by atoms with Crippen molar-refractivity contribution in [2.45, 2.75) is 6.61 Å². The van der Waals surface area contributed by atoms with Crippen LogP contribution in [-0.2, 0) is 16.2 Å². The van der Waals surface area contributed by atoms with Gasteiger partial charge in [0.2, 0.25) is 0 Å². The normalized spacial score (nSPS) is 10.8. The third kappa shape index (κ3) is 5.96. The summed E-state index contributed by atoms with van der Waals surface area (Å²) in [5.41, 5.74) is 4.47. The minimum Gasteiger partial charge on any atom is -0.489 e. The van der Waals surface area contributed by atoms with Crippen LogP contribution < -0.4 is 15.5 Å². The second kappa shape index (κ2) is 10.4. The number of amides is 2. The highest BCUT2D eigenvalue weighted by molar-refractivity contribution is 6.39. The molecule has 4 aromatic rings. The number of benzene rings is 4. The number of hydrogen-bond acceptors (Lipinski definition) is 4. The first-order valence-electron chi connectivity index (χ1n) is 10.2. The summed E-state index contributed by atoms with van der Waals surface area (Å²) in [5.74, 6) is -1.05. The number of fused-ring (bicyclic) bond motifs is 1. The first kappa shape index (κ1) is 22.0. The van der Waals surface area contributed by atoms with E-state index in [1.165, 1.54) is 6.21 Å². The van der Waals surface area contributed by atoms with Crippen LogP contribution in [0.1, 0.15) is 11.1 Å². The van der Waals surface area contributed by atoms with Crippen LogP contribution in [0.3, 0.4) is 0 Å². The highest BCUT2D eigenvalue weighted by Crippen LogP contribution is 2.21. The van der Waals surface area contributed by atoms with Crippen molar-refractivity contribution in [3.63, 3.8) is 0 Å². The lowest BCUT2D eigenvalue weighted by Gasteiger charge is -2.09. The van der Waals surface area contributed by atoms with E-state index in [9.17, 15) is 9.59 Å². The van der Waals surface area contributed by atoms with E-state index in [-0.39, 0.29) is 0 Å². The standard InChI is InChI=1S/C26H20ClN3O3/c27-21-11-13-22(14-12-21)29-25(31)26(32)30-28-16-18-5-3-9-23(15-18)33-17-20-8-4-7-19-6-1-2-10-24(19)20/h1-16H,17H2,(H,29,31)(H,30,32). The number of anilines is 1. The van der Waals surface area contributed by atoms with E-state index in [0.29, 0.717) is 28.6 Å². The minimum atomic E-state index is -0.885. The Bertz CT molecular complexity index is 1310. The molecule has 0 radical (unpaired) electrons. The highest BCUT2D eigenvalue weighted by atomic mass is 35.5. The van der Waals surface area contributed by atoms with E-state index in [1.54, 1.807) is 30.3 Å². The van der Waals surface area contributed by atoms with Crippen molar-refractivity contribution >= 4 is 46.1 Å². The third-order valence-electron chi connectivity index (χ3n) is 4.82. The summed E-state index contributed by atoms with van der Waals surface area (Å²) in [6.45, 7) is 0.420. The van der Waals surface area contributed by atoms with Gasteiger partial charge in [-0.15, -0.1) is 0 Å². The molecule has 4 rings (SSSR count). The summed E-state index contributed by atoms with van der Waals surface area (Å²) >= 11 is 5.80. The van der Waals surface area contributed by atoms with Crippen LogP contribution in [0.5, 0.6) is 5.75 Å². The highest BCUT2D eigenvalue weighted by Gasteiger charge is 2.12. The zero-order valence-electron chi connectivity index (χ0n) is 17.5. The van der Waals surface area contributed by atoms with Crippen LogP contribution in [0, 0.1) is 0 Å². The zero-order valence-corrected chi connectivity index (χ0v) is 18.3. The molecular formula is C26H20ClN3O3. The average molecular weight is 458 g/mol. The number of rotatable bonds is 6. The van der Waals surface area contributed by atoms with Gasteiger partial charge in [0.1, 0.15) is 12.4 Å². The van der Waals surface area contributed by atoms with Crippen LogP contribution in [0.2, 0.25) is 5.02 Å². The van der Waals surface area contributed by atoms with E-state index in [4.69, 9.17) is 16.3 Å². The molecule has 0 aliphatic heterocycles. The molecule has 0 aliphatic rings. The predicted molar refractivity (Wildman–Crippen MR) is 131 cm³/mol. The molecule has 6 nitrogen and oxygen atoms in total. The van der Waals surface area contributed by atoms with Crippen LogP contribution in [0.15, 0.2) is 96.1 Å². The summed E-state index contributed by atoms with van der Waals surface area (Å²) in [7, 11) is 0. The molecule has 0 aromatic heterocycles. The molecule has 0 aliphatic carbocycles. The molecule has 2 amide bonds. The van der Waals surface area contributed by atoms with Crippen molar-refractivity contribution in [2.75, 3.05) is 5.32 Å². The molecule has 0 spiro atoms. The molecule has 0 heterocycles. The number of ether oxygens (including phenoxy) is 1. The van der Waals surface area contributed by atoms with E-state index in [2.05, 4.69) is 34.0 Å². The van der Waals surface area contributed by atoms with Crippen molar-refractivity contribution in [2.24, 2.45) is 5.10 Å². The van der Waals surface area contributed by atoms with Crippen LogP contribution >= 0.6 is 11.6 Å². The monoisotopic (exact) mass is 457 g/mol. The third-order valence-corrected chi connectivity index (χ3v) is 5.07. The van der Waals surface area contributed by atoms with Gasteiger partial charge in [0.25, 0.3) is 0 Å². The molecule has 0 saturated carbocycles. The lowest BCUT2D eigenvalue weighted by atomic mass is 10.1. The summed E-state index contributed by atoms with van der Waals surface area (Å²) in [6, 6.07) is 28.0. The quantitative estimate of drug-likeness (QED) is 0.238. The average Bonchev–Trinajstić information content (AvgIpc) is 2.84. The van der Waals surface area contributed by atoms with Crippen molar-refractivity contribution in [3.05, 3.63) is 107 Å². The molecule has 7 heteroatoms. The lowest BCUT2D eigenvalue weighted by Crippen LogP contribution is -2.32. The van der Waals surface area contributed by atoms with Gasteiger partial charge in [0, 0.05) is 10.7 Å². The Morgan fingerprint density at radius 3 is 2.48 bits per heavy atom. The second-order valence-corrected chi connectivity index (χ2v) is 7.60. The van der Waals surface area contributed by atoms with Gasteiger partial charge in [-0.1, -0.05) is 66.2 Å². The van der Waals surface area contributed by atoms with Gasteiger partial charge in [-0.2, -0.15) is 5.10 Å². The Hall–Kier alpha value is -4.16. The van der Waals surface area contributed by atoms with Crippen molar-refractivity contribution < 1.29 is 14.3 Å². The summed E-state index contributed by atoms with van der Waals surface area (Å²) in [5, 5.41) is 9.17. The van der Waals surface area contributed by atoms with E-state index < -0.39 is 11.8 Å². The van der Waals surface area contributed by atoms with Gasteiger partial charge in [0.05, 0.1) is 6.21 Å². The largest absolute Gasteiger partial charge is 0.489 e. The SMILES string of the molecule is O=C(NN=Cc1cccc(OCc2cccc3ccccc23)c1)C(=O)Nc1ccc(Cl)cc1. The first-order chi connectivity index (χ1) is 16.1. The fourth-order valence-electron chi connectivity index (χ4n) is 3.20. The van der Waals surface area contributed by atoms with E-state index in [0.717, 1.165) is 16.3 Å². The fourth-order valence-corrected chi connectivity index (χ4v) is 3.33. The Labute approximate surface area is 195 Å². The Balaban J connectivity index is 1.33. The number of hydrogen-bond donors (Lipinski definition) is 2. The van der Waals surface area contributed by atoms with Crippen molar-refractivity contribution in [1.82, 2.24) is 5.43 Å². The van der Waals surface area contributed by atoms with E-state index >= 15 is 0 Å². The van der Waals surface area contributed by atoms with Crippen molar-refractivity contribution in [1.29, 1.82) is 0 Å². The lowest BCUT2D eigenvalue weighted by molar-refractivity contribution is -0.136. The number of carbonyl (C=O) groups is 2. The molecule has 0 saturated heterocycles. The Morgan fingerprint density at radius 2 is 1.64 bits per heavy atom. The molecule has 2 N–H and O–H groups in total. The molecule has 4 aromatic carbocycles. The molecule has 0 fully saturated rings. The van der Waals surface area contributed by atoms with E-state index in [1.807, 2.05) is 42.5 Å². The van der Waals surface area contributed by atoms with Crippen LogP contribution in [0.25, 0.3) is 10.8 Å². The van der Waals surface area contributed by atoms with Gasteiger partial charge in [-0.3, -0.25) is 9.59 Å². The Morgan fingerprint density at radius 1 is 0.879 bits per heavy atom. The summed E-state index contributed by atoms with van der Waals surface area (Å²) in [6.07, 6.45) is 1.44. The molecular weight excluding hydrogens is 438 g/mol. The number of nitrogens with one attached hydrogen (secondary N) is 2. The first-order valence-corrected chi connectivity index (χ1v) is 10.6. The maximum atomic E-state index is 12.0. The second-order valence-electron chi connectivity index (χ2n) is 7.16. The smallest absolute Gasteiger partial charge is 0.329 e. The maximum Gasteiger partial charge on any atom is 0.329 e. The summed E-state index contributed by atoms with van der Waals surface area (Å²) < 4.78 is 5.96. The zero-order chi connectivity index (χ0) is 23.0. The number of carbonyl (C=O) groups excluding carboxylic acids is 2. The topological polar surface area (TPSA) is 79.8 Å². The summed E-state index contributed by atoms with van der Waals surface area (Å²) in [4.78, 5) is 23.9. The molecule has 0 unspecified atom stereocenters. The molecule has 0 bridgehead atoms. The molecule has 33 heavy (non-hydrogen) atoms. The minimum absolute atomic E-state index is 0.420. The van der Waals surface area contributed by atoms with Gasteiger partial charge in [0.15, 0.2) is 0 Å². The number of hydrazone groups is 1. The van der Waals surface area contributed by atoms with Gasteiger partial charge in [-0.25, -0.2) is 5.43 Å². The predicted octanol–water partition coefficient (Wildman–Crippen LogP) is 5.16. The number of nitrogens with zero attached hydrogens (tertiary/aromatic N) is 1. The van der Waals surface area contributed by atoms with Crippen molar-refractivity contribution in [3.8, 4) is 5.75 Å². The molecule has 164 valence electrons. The number of halogens is 1. The van der Waals surface area contributed by atoms with Crippen LogP contribution in [-0.4, -0.2) is 18.0 Å². The van der Waals surface area contributed by atoms with Gasteiger partial charge >= 0.3 is 11.8 Å². The van der Waals surface area contributed by atoms with Gasteiger partial charge in [-0.05, 0) is 58.3 Å². The fraction of sp³-hybridized carbons (Fsp3) is 0.0385. The maximum absolute atomic E-state index is 12.0. The molecule has 0 atom stereocenters. The van der Waals surface area contributed by atoms with Crippen LogP contribution in [0.4, 0.5) is 5.69 Å². The van der Waals surface area contributed by atoms with Gasteiger partial charge < -0.3 is 10.1 Å². The Kier molecular flexibility index (Phi) is 6.97.